The average Bonchev–Trinajstić information content (AvgIpc) is 3.02. The van der Waals surface area contributed by atoms with Gasteiger partial charge in [-0.2, -0.15) is 0 Å². The van der Waals surface area contributed by atoms with Crippen LogP contribution in [0.4, 0.5) is 0 Å². The van der Waals surface area contributed by atoms with Gasteiger partial charge in [-0.15, -0.1) is 0 Å². The van der Waals surface area contributed by atoms with Gasteiger partial charge in [0.25, 0.3) is 0 Å². The lowest BCUT2D eigenvalue weighted by Crippen LogP contribution is -2.22. The number of hydrogen-bond acceptors (Lipinski definition) is 4. The highest BCUT2D eigenvalue weighted by atomic mass is 16.5. The molecule has 0 N–H and O–H groups in total. The quantitative estimate of drug-likeness (QED) is 0.704. The molecule has 5 heteroatoms. The molecule has 1 aromatic carbocycles. The lowest BCUT2D eigenvalue weighted by molar-refractivity contribution is 0.0469. The van der Waals surface area contributed by atoms with E-state index in [1.54, 1.807) is 6.07 Å². The van der Waals surface area contributed by atoms with E-state index < -0.39 is 0 Å². The first-order chi connectivity index (χ1) is 13.0. The largest absolute Gasteiger partial charge is 0.460 e. The van der Waals surface area contributed by atoms with Crippen molar-refractivity contribution >= 4 is 11.8 Å². The predicted molar refractivity (Wildman–Crippen MR) is 105 cm³/mol. The van der Waals surface area contributed by atoms with Crippen molar-refractivity contribution < 1.29 is 14.3 Å². The molecule has 0 saturated carbocycles. The number of nitrogens with zero attached hydrogens (tertiary/aromatic N) is 2. The minimum atomic E-state index is -0.357. The summed E-state index contributed by atoms with van der Waals surface area (Å²) in [5.74, 6) is -0.233. The molecule has 0 bridgehead atoms. The molecule has 3 rings (SSSR count). The standard InChI is InChI=1S/C22H28N2O3/c1-4-16-8-10-17(11-9-16)15-24-19-6-5-7-21(25)18(19)14-20(24)22(26)27-13-12-23(2)3/h8-11,14H,4-7,12-13,15H2,1-3H3. The highest BCUT2D eigenvalue weighted by Gasteiger charge is 2.27. The van der Waals surface area contributed by atoms with Gasteiger partial charge in [0.2, 0.25) is 0 Å². The molecular formula is C22H28N2O3. The van der Waals surface area contributed by atoms with Gasteiger partial charge in [0.05, 0.1) is 0 Å². The van der Waals surface area contributed by atoms with E-state index in [9.17, 15) is 9.59 Å². The van der Waals surface area contributed by atoms with Crippen LogP contribution in [0, 0.1) is 0 Å². The van der Waals surface area contributed by atoms with Crippen LogP contribution in [0.1, 0.15) is 57.4 Å². The molecule has 5 nitrogen and oxygen atoms in total. The number of ether oxygens (including phenoxy) is 1. The average molecular weight is 368 g/mol. The molecule has 1 aromatic heterocycles. The maximum Gasteiger partial charge on any atom is 0.355 e. The van der Waals surface area contributed by atoms with Gasteiger partial charge in [-0.3, -0.25) is 4.79 Å². The zero-order valence-corrected chi connectivity index (χ0v) is 16.5. The molecule has 0 radical (unpaired) electrons. The first-order valence-electron chi connectivity index (χ1n) is 9.65. The summed E-state index contributed by atoms with van der Waals surface area (Å²) in [6, 6.07) is 10.2. The minimum Gasteiger partial charge on any atom is -0.460 e. The van der Waals surface area contributed by atoms with Gasteiger partial charge >= 0.3 is 5.97 Å². The number of carbonyl (C=O) groups is 2. The summed E-state index contributed by atoms with van der Waals surface area (Å²) in [7, 11) is 3.88. The fourth-order valence-corrected chi connectivity index (χ4v) is 3.46. The fourth-order valence-electron chi connectivity index (χ4n) is 3.46. The summed E-state index contributed by atoms with van der Waals surface area (Å²) < 4.78 is 7.43. The summed E-state index contributed by atoms with van der Waals surface area (Å²) in [5, 5.41) is 0. The van der Waals surface area contributed by atoms with Gasteiger partial charge in [-0.05, 0) is 50.6 Å². The lowest BCUT2D eigenvalue weighted by Gasteiger charge is -2.17. The van der Waals surface area contributed by atoms with Gasteiger partial charge in [0, 0.05) is 30.8 Å². The minimum absolute atomic E-state index is 0.124. The summed E-state index contributed by atoms with van der Waals surface area (Å²) in [6.07, 6.45) is 3.20. The molecule has 1 heterocycles. The highest BCUT2D eigenvalue weighted by Crippen LogP contribution is 2.27. The molecule has 0 fully saturated rings. The molecule has 144 valence electrons. The van der Waals surface area contributed by atoms with E-state index >= 15 is 0 Å². The van der Waals surface area contributed by atoms with Crippen LogP contribution < -0.4 is 0 Å². The van der Waals surface area contributed by atoms with Crippen molar-refractivity contribution in [1.29, 1.82) is 0 Å². The third kappa shape index (κ3) is 4.48. The van der Waals surface area contributed by atoms with E-state index in [-0.39, 0.29) is 11.8 Å². The molecule has 1 aliphatic rings. The smallest absolute Gasteiger partial charge is 0.355 e. The number of fused-ring (bicyclic) bond motifs is 1. The number of aromatic nitrogens is 1. The molecule has 0 spiro atoms. The molecule has 0 unspecified atom stereocenters. The monoisotopic (exact) mass is 368 g/mol. The number of esters is 1. The van der Waals surface area contributed by atoms with E-state index in [1.807, 2.05) is 23.6 Å². The number of Topliss-reactive ketones (excluding diaryl/α,β-unsaturated/α-hetero) is 1. The van der Waals surface area contributed by atoms with E-state index in [2.05, 4.69) is 31.2 Å². The highest BCUT2D eigenvalue weighted by molar-refractivity contribution is 6.01. The Hall–Kier alpha value is -2.40. The Morgan fingerprint density at radius 3 is 2.52 bits per heavy atom. The number of ketones is 1. The maximum absolute atomic E-state index is 12.7. The third-order valence-electron chi connectivity index (χ3n) is 5.08. The summed E-state index contributed by atoms with van der Waals surface area (Å²) in [4.78, 5) is 27.0. The lowest BCUT2D eigenvalue weighted by atomic mass is 9.96. The predicted octanol–water partition coefficient (Wildman–Crippen LogP) is 3.34. The summed E-state index contributed by atoms with van der Waals surface area (Å²) in [5.41, 5.74) is 4.53. The number of rotatable bonds is 7. The molecular weight excluding hydrogens is 340 g/mol. The fraction of sp³-hybridized carbons (Fsp3) is 0.455. The SMILES string of the molecule is CCc1ccc(Cn2c(C(=O)OCCN(C)C)cc3c2CCCC3=O)cc1. The second-order valence-electron chi connectivity index (χ2n) is 7.36. The number of likely N-dealkylation sites (N-methyl/N-ethyl adjacent to an activating group) is 1. The van der Waals surface area contributed by atoms with E-state index in [0.717, 1.165) is 30.5 Å². The van der Waals surface area contributed by atoms with Crippen LogP contribution in [0.5, 0.6) is 0 Å². The second kappa shape index (κ2) is 8.53. The number of benzene rings is 1. The van der Waals surface area contributed by atoms with Crippen molar-refractivity contribution in [2.75, 3.05) is 27.2 Å². The molecule has 0 amide bonds. The van der Waals surface area contributed by atoms with Gasteiger partial charge < -0.3 is 14.2 Å². The van der Waals surface area contributed by atoms with Crippen molar-refractivity contribution in [2.24, 2.45) is 0 Å². The zero-order valence-electron chi connectivity index (χ0n) is 16.5. The van der Waals surface area contributed by atoms with Crippen LogP contribution in [0.3, 0.4) is 0 Å². The first kappa shape index (κ1) is 19.4. The Morgan fingerprint density at radius 1 is 1.15 bits per heavy atom. The Kier molecular flexibility index (Phi) is 6.11. The number of hydrogen-bond donors (Lipinski definition) is 0. The molecule has 1 aliphatic carbocycles. The summed E-state index contributed by atoms with van der Waals surface area (Å²) in [6.45, 7) is 3.71. The topological polar surface area (TPSA) is 51.5 Å². The van der Waals surface area contributed by atoms with Crippen LogP contribution in [-0.4, -0.2) is 48.5 Å². The Balaban J connectivity index is 1.89. The number of aryl methyl sites for hydroxylation is 1. The van der Waals surface area contributed by atoms with Crippen molar-refractivity contribution in [2.45, 2.75) is 39.2 Å². The molecule has 2 aromatic rings. The van der Waals surface area contributed by atoms with E-state index in [0.29, 0.717) is 37.4 Å². The van der Waals surface area contributed by atoms with E-state index in [1.165, 1.54) is 5.56 Å². The van der Waals surface area contributed by atoms with Crippen LogP contribution in [-0.2, 0) is 24.1 Å². The van der Waals surface area contributed by atoms with Gasteiger partial charge in [-0.1, -0.05) is 31.2 Å². The normalized spacial score (nSPS) is 13.7. The molecule has 0 saturated heterocycles. The first-order valence-corrected chi connectivity index (χ1v) is 9.65. The Morgan fingerprint density at radius 2 is 1.85 bits per heavy atom. The van der Waals surface area contributed by atoms with Crippen molar-refractivity contribution in [3.8, 4) is 0 Å². The van der Waals surface area contributed by atoms with Gasteiger partial charge in [0.1, 0.15) is 12.3 Å². The van der Waals surface area contributed by atoms with E-state index in [4.69, 9.17) is 4.74 Å². The van der Waals surface area contributed by atoms with Crippen molar-refractivity contribution in [1.82, 2.24) is 9.47 Å². The van der Waals surface area contributed by atoms with Crippen LogP contribution in [0.25, 0.3) is 0 Å². The Bertz CT molecular complexity index is 819. The number of carbonyl (C=O) groups excluding carboxylic acids is 2. The second-order valence-corrected chi connectivity index (χ2v) is 7.36. The Labute approximate surface area is 160 Å². The third-order valence-corrected chi connectivity index (χ3v) is 5.08. The molecule has 0 aliphatic heterocycles. The van der Waals surface area contributed by atoms with Crippen molar-refractivity contribution in [3.63, 3.8) is 0 Å². The van der Waals surface area contributed by atoms with Gasteiger partial charge in [0.15, 0.2) is 5.78 Å². The van der Waals surface area contributed by atoms with Crippen LogP contribution in [0.2, 0.25) is 0 Å². The summed E-state index contributed by atoms with van der Waals surface area (Å²) >= 11 is 0. The zero-order chi connectivity index (χ0) is 19.4. The van der Waals surface area contributed by atoms with Crippen LogP contribution >= 0.6 is 0 Å². The molecule has 0 atom stereocenters. The molecule has 27 heavy (non-hydrogen) atoms. The maximum atomic E-state index is 12.7. The van der Waals surface area contributed by atoms with Crippen molar-refractivity contribution in [3.05, 3.63) is 58.4 Å². The van der Waals surface area contributed by atoms with Gasteiger partial charge in [-0.25, -0.2) is 4.79 Å². The van der Waals surface area contributed by atoms with Crippen LogP contribution in [0.15, 0.2) is 30.3 Å².